The maximum atomic E-state index is 13.2. The summed E-state index contributed by atoms with van der Waals surface area (Å²) in [6, 6.07) is 17.0. The van der Waals surface area contributed by atoms with E-state index in [4.69, 9.17) is 4.98 Å². The molecule has 0 fully saturated rings. The minimum Gasteiger partial charge on any atom is -0.348 e. The number of para-hydroxylation sites is 1. The highest BCUT2D eigenvalue weighted by molar-refractivity contribution is 6.07. The van der Waals surface area contributed by atoms with Crippen LogP contribution in [0.15, 0.2) is 71.8 Å². The Labute approximate surface area is 190 Å². The molecule has 164 valence electrons. The fraction of sp³-hybridized carbons (Fsp3) is 0.154. The molecule has 33 heavy (non-hydrogen) atoms. The third-order valence-electron chi connectivity index (χ3n) is 5.73. The van der Waals surface area contributed by atoms with Gasteiger partial charge in [0.05, 0.1) is 23.0 Å². The first-order valence-corrected chi connectivity index (χ1v) is 10.8. The molecule has 0 aliphatic rings. The zero-order valence-corrected chi connectivity index (χ0v) is 18.4. The average molecular weight is 438 g/mol. The van der Waals surface area contributed by atoms with Gasteiger partial charge < -0.3 is 10.3 Å². The molecule has 0 spiro atoms. The van der Waals surface area contributed by atoms with Gasteiger partial charge in [-0.2, -0.15) is 5.10 Å². The molecule has 2 N–H and O–H groups in total. The summed E-state index contributed by atoms with van der Waals surface area (Å²) in [6.07, 6.45) is 3.66. The molecule has 0 atom stereocenters. The van der Waals surface area contributed by atoms with E-state index in [1.165, 1.54) is 0 Å². The molecular weight excluding hydrogens is 414 g/mol. The molecule has 0 unspecified atom stereocenters. The Morgan fingerprint density at radius 3 is 2.79 bits per heavy atom. The molecule has 5 aromatic rings. The van der Waals surface area contributed by atoms with Crippen LogP contribution >= 0.6 is 0 Å². The van der Waals surface area contributed by atoms with E-state index < -0.39 is 0 Å². The summed E-state index contributed by atoms with van der Waals surface area (Å²) in [5, 5.41) is 8.91. The molecule has 5 rings (SSSR count). The van der Waals surface area contributed by atoms with E-state index >= 15 is 0 Å². The third-order valence-corrected chi connectivity index (χ3v) is 5.73. The van der Waals surface area contributed by atoms with Crippen molar-refractivity contribution in [1.29, 1.82) is 0 Å². The van der Waals surface area contributed by atoms with Crippen LogP contribution in [0.3, 0.4) is 0 Å². The van der Waals surface area contributed by atoms with Gasteiger partial charge in [-0.25, -0.2) is 4.98 Å². The number of aryl methyl sites for hydroxylation is 2. The van der Waals surface area contributed by atoms with Crippen LogP contribution in [0, 0.1) is 6.92 Å². The molecular formula is C26H23N5O2. The van der Waals surface area contributed by atoms with Gasteiger partial charge in [-0.3, -0.25) is 14.3 Å². The van der Waals surface area contributed by atoms with E-state index in [9.17, 15) is 9.59 Å². The summed E-state index contributed by atoms with van der Waals surface area (Å²) in [6.45, 7) is 4.87. The minimum atomic E-state index is -0.263. The van der Waals surface area contributed by atoms with E-state index in [0.29, 0.717) is 16.8 Å². The summed E-state index contributed by atoms with van der Waals surface area (Å²) >= 11 is 0. The van der Waals surface area contributed by atoms with E-state index in [0.717, 1.165) is 39.5 Å². The monoisotopic (exact) mass is 437 g/mol. The lowest BCUT2D eigenvalue weighted by Gasteiger charge is -2.10. The van der Waals surface area contributed by atoms with E-state index in [1.807, 2.05) is 73.3 Å². The van der Waals surface area contributed by atoms with Crippen molar-refractivity contribution in [2.75, 3.05) is 0 Å². The molecule has 0 radical (unpaired) electrons. The number of amides is 1. The van der Waals surface area contributed by atoms with Crippen molar-refractivity contribution in [3.8, 4) is 11.3 Å². The van der Waals surface area contributed by atoms with Crippen molar-refractivity contribution in [2.45, 2.75) is 26.9 Å². The first-order chi connectivity index (χ1) is 16.0. The Morgan fingerprint density at radius 2 is 1.97 bits per heavy atom. The molecule has 2 aromatic carbocycles. The highest BCUT2D eigenvalue weighted by Crippen LogP contribution is 2.25. The Bertz CT molecular complexity index is 1560. The number of aromatic amines is 1. The second-order valence-electron chi connectivity index (χ2n) is 8.05. The van der Waals surface area contributed by atoms with Gasteiger partial charge in [0.15, 0.2) is 0 Å². The molecule has 3 aromatic heterocycles. The van der Waals surface area contributed by atoms with Crippen LogP contribution in [-0.2, 0) is 13.1 Å². The molecule has 7 nitrogen and oxygen atoms in total. The number of nitrogens with zero attached hydrogens (tertiary/aromatic N) is 3. The van der Waals surface area contributed by atoms with Gasteiger partial charge in [-0.1, -0.05) is 30.3 Å². The quantitative estimate of drug-likeness (QED) is 0.431. The van der Waals surface area contributed by atoms with Crippen LogP contribution in [0.4, 0.5) is 0 Å². The zero-order chi connectivity index (χ0) is 22.9. The van der Waals surface area contributed by atoms with Crippen LogP contribution in [0.1, 0.15) is 28.4 Å². The van der Waals surface area contributed by atoms with Gasteiger partial charge in [0.1, 0.15) is 0 Å². The van der Waals surface area contributed by atoms with Crippen LogP contribution < -0.4 is 10.9 Å². The highest BCUT2D eigenvalue weighted by atomic mass is 16.1. The first-order valence-electron chi connectivity index (χ1n) is 10.8. The maximum Gasteiger partial charge on any atom is 0.253 e. The van der Waals surface area contributed by atoms with Crippen molar-refractivity contribution >= 4 is 27.7 Å². The molecule has 3 heterocycles. The van der Waals surface area contributed by atoms with Gasteiger partial charge >= 0.3 is 0 Å². The molecule has 0 bridgehead atoms. The van der Waals surface area contributed by atoms with Crippen molar-refractivity contribution < 1.29 is 4.79 Å². The van der Waals surface area contributed by atoms with Crippen LogP contribution in [-0.4, -0.2) is 25.7 Å². The van der Waals surface area contributed by atoms with Crippen molar-refractivity contribution in [3.05, 3.63) is 94.0 Å². The molecule has 0 saturated carbocycles. The Hall–Kier alpha value is -4.26. The number of nitrogens with one attached hydrogen (secondary N) is 2. The maximum absolute atomic E-state index is 13.2. The highest BCUT2D eigenvalue weighted by Gasteiger charge is 2.15. The fourth-order valence-corrected chi connectivity index (χ4v) is 3.94. The number of fused-ring (bicyclic) bond motifs is 2. The number of pyridine rings is 2. The third kappa shape index (κ3) is 4.01. The molecule has 1 amide bonds. The number of hydrogen-bond acceptors (Lipinski definition) is 4. The second-order valence-corrected chi connectivity index (χ2v) is 8.05. The molecule has 7 heteroatoms. The van der Waals surface area contributed by atoms with Crippen molar-refractivity contribution in [3.63, 3.8) is 0 Å². The lowest BCUT2D eigenvalue weighted by atomic mass is 10.0. The standard InChI is InChI=1S/C26H23N5O2/c1-3-31-15-19(14-28-31)24-12-21(20-6-4-5-7-22(20)29-24)26(33)27-13-18-11-17-9-8-16(2)10-23(17)30-25(18)32/h4-12,14-15H,3,13H2,1-2H3,(H,27,33)(H,30,32). The van der Waals surface area contributed by atoms with Gasteiger partial charge in [-0.05, 0) is 49.1 Å². The number of hydrogen-bond donors (Lipinski definition) is 2. The molecule has 0 aliphatic carbocycles. The normalized spacial score (nSPS) is 11.2. The average Bonchev–Trinajstić information content (AvgIpc) is 3.31. The number of H-pyrrole nitrogens is 1. The Morgan fingerprint density at radius 1 is 1.12 bits per heavy atom. The van der Waals surface area contributed by atoms with Gasteiger partial charge in [0.2, 0.25) is 0 Å². The van der Waals surface area contributed by atoms with Crippen molar-refractivity contribution in [2.24, 2.45) is 0 Å². The predicted octanol–water partition coefficient (Wildman–Crippen LogP) is 4.20. The second kappa shape index (κ2) is 8.35. The summed E-state index contributed by atoms with van der Waals surface area (Å²) in [4.78, 5) is 33.4. The topological polar surface area (TPSA) is 92.7 Å². The largest absolute Gasteiger partial charge is 0.348 e. The van der Waals surface area contributed by atoms with Gasteiger partial charge in [0.25, 0.3) is 11.5 Å². The van der Waals surface area contributed by atoms with E-state index in [-0.39, 0.29) is 18.0 Å². The Kier molecular flexibility index (Phi) is 5.22. The SMILES string of the molecule is CCn1cc(-c2cc(C(=O)NCc3cc4ccc(C)cc4[nH]c3=O)c3ccccc3n2)cn1. The number of carbonyl (C=O) groups excluding carboxylic acids is 1. The number of carbonyl (C=O) groups is 1. The summed E-state index contributed by atoms with van der Waals surface area (Å²) in [5.74, 6) is -0.263. The Balaban J connectivity index is 1.48. The van der Waals surface area contributed by atoms with Gasteiger partial charge in [0, 0.05) is 41.3 Å². The fourth-order valence-electron chi connectivity index (χ4n) is 3.94. The van der Waals surface area contributed by atoms with Gasteiger partial charge in [-0.15, -0.1) is 0 Å². The van der Waals surface area contributed by atoms with Crippen LogP contribution in [0.25, 0.3) is 33.1 Å². The molecule has 0 aliphatic heterocycles. The lowest BCUT2D eigenvalue weighted by Crippen LogP contribution is -2.27. The number of aromatic nitrogens is 4. The first kappa shape index (κ1) is 20.6. The minimum absolute atomic E-state index is 0.123. The van der Waals surface area contributed by atoms with E-state index in [1.54, 1.807) is 12.3 Å². The number of rotatable bonds is 5. The number of benzene rings is 2. The smallest absolute Gasteiger partial charge is 0.253 e. The lowest BCUT2D eigenvalue weighted by molar-refractivity contribution is 0.0952. The predicted molar refractivity (Wildman–Crippen MR) is 129 cm³/mol. The van der Waals surface area contributed by atoms with Crippen molar-refractivity contribution in [1.82, 2.24) is 25.1 Å². The van der Waals surface area contributed by atoms with E-state index in [2.05, 4.69) is 15.4 Å². The summed E-state index contributed by atoms with van der Waals surface area (Å²) < 4.78 is 1.82. The van der Waals surface area contributed by atoms with Crippen LogP contribution in [0.5, 0.6) is 0 Å². The zero-order valence-electron chi connectivity index (χ0n) is 18.4. The molecule has 0 saturated heterocycles. The van der Waals surface area contributed by atoms with Crippen LogP contribution in [0.2, 0.25) is 0 Å². The summed E-state index contributed by atoms with van der Waals surface area (Å²) in [5.41, 5.74) is 4.91. The summed E-state index contributed by atoms with van der Waals surface area (Å²) in [7, 11) is 0.